The third-order valence-corrected chi connectivity index (χ3v) is 3.77. The summed E-state index contributed by atoms with van der Waals surface area (Å²) in [6, 6.07) is 0. The van der Waals surface area contributed by atoms with E-state index in [0.29, 0.717) is 0 Å². The Kier molecular flexibility index (Phi) is 3.06. The SMILES string of the molecule is COC(=O)C1CCC2CNCCC2C1. The molecule has 0 amide bonds. The predicted molar refractivity (Wildman–Crippen MR) is 53.8 cm³/mol. The van der Waals surface area contributed by atoms with Gasteiger partial charge in [0.05, 0.1) is 13.0 Å². The molecule has 3 unspecified atom stereocenters. The normalized spacial score (nSPS) is 37.4. The van der Waals surface area contributed by atoms with Crippen LogP contribution in [0.25, 0.3) is 0 Å². The lowest BCUT2D eigenvalue weighted by molar-refractivity contribution is -0.147. The lowest BCUT2D eigenvalue weighted by Gasteiger charge is -2.38. The smallest absolute Gasteiger partial charge is 0.308 e. The second-order valence-corrected chi connectivity index (χ2v) is 4.55. The van der Waals surface area contributed by atoms with Crippen LogP contribution in [0.5, 0.6) is 0 Å². The fourth-order valence-corrected chi connectivity index (χ4v) is 2.90. The molecule has 1 heterocycles. The summed E-state index contributed by atoms with van der Waals surface area (Å²) in [5, 5.41) is 3.43. The first-order valence-electron chi connectivity index (χ1n) is 5.60. The van der Waals surface area contributed by atoms with Gasteiger partial charge in [0.15, 0.2) is 0 Å². The van der Waals surface area contributed by atoms with Crippen molar-refractivity contribution < 1.29 is 9.53 Å². The zero-order valence-corrected chi connectivity index (χ0v) is 8.79. The standard InChI is InChI=1S/C11H19NO2/c1-14-11(13)9-2-3-10-7-12-5-4-8(10)6-9/h8-10,12H,2-7H2,1H3. The molecular weight excluding hydrogens is 178 g/mol. The molecule has 1 aliphatic heterocycles. The highest BCUT2D eigenvalue weighted by Gasteiger charge is 2.35. The van der Waals surface area contributed by atoms with Gasteiger partial charge in [0.1, 0.15) is 0 Å². The van der Waals surface area contributed by atoms with Crippen molar-refractivity contribution in [2.45, 2.75) is 25.7 Å². The van der Waals surface area contributed by atoms with E-state index in [1.54, 1.807) is 0 Å². The topological polar surface area (TPSA) is 38.3 Å². The van der Waals surface area contributed by atoms with Crippen molar-refractivity contribution in [2.75, 3.05) is 20.2 Å². The van der Waals surface area contributed by atoms with Crippen LogP contribution >= 0.6 is 0 Å². The molecule has 3 heteroatoms. The molecule has 1 saturated heterocycles. The first-order valence-corrected chi connectivity index (χ1v) is 5.60. The van der Waals surface area contributed by atoms with Gasteiger partial charge in [0.2, 0.25) is 0 Å². The molecule has 80 valence electrons. The largest absolute Gasteiger partial charge is 0.469 e. The number of nitrogens with one attached hydrogen (secondary N) is 1. The molecule has 0 radical (unpaired) electrons. The van der Waals surface area contributed by atoms with Gasteiger partial charge in [-0.25, -0.2) is 0 Å². The van der Waals surface area contributed by atoms with Gasteiger partial charge in [0, 0.05) is 0 Å². The minimum atomic E-state index is 0.00184. The average Bonchev–Trinajstić information content (AvgIpc) is 2.27. The number of methoxy groups -OCH3 is 1. The predicted octanol–water partition coefficient (Wildman–Crippen LogP) is 1.19. The van der Waals surface area contributed by atoms with Crippen LogP contribution in [-0.2, 0) is 9.53 Å². The summed E-state index contributed by atoms with van der Waals surface area (Å²) in [6.07, 6.45) is 4.50. The van der Waals surface area contributed by atoms with E-state index in [1.165, 1.54) is 20.0 Å². The minimum absolute atomic E-state index is 0.00184. The second kappa shape index (κ2) is 4.30. The van der Waals surface area contributed by atoms with Crippen LogP contribution in [0.2, 0.25) is 0 Å². The minimum Gasteiger partial charge on any atom is -0.469 e. The number of hydrogen-bond acceptors (Lipinski definition) is 3. The monoisotopic (exact) mass is 197 g/mol. The highest BCUT2D eigenvalue weighted by atomic mass is 16.5. The van der Waals surface area contributed by atoms with E-state index in [1.807, 2.05) is 0 Å². The molecule has 14 heavy (non-hydrogen) atoms. The van der Waals surface area contributed by atoms with Crippen LogP contribution in [0, 0.1) is 17.8 Å². The third kappa shape index (κ3) is 1.92. The molecule has 0 aromatic carbocycles. The summed E-state index contributed by atoms with van der Waals surface area (Å²) in [5.74, 6) is 1.75. The van der Waals surface area contributed by atoms with Crippen LogP contribution in [0.15, 0.2) is 0 Å². The van der Waals surface area contributed by atoms with E-state index in [9.17, 15) is 4.79 Å². The van der Waals surface area contributed by atoms with Gasteiger partial charge in [-0.15, -0.1) is 0 Å². The van der Waals surface area contributed by atoms with E-state index >= 15 is 0 Å². The van der Waals surface area contributed by atoms with Crippen molar-refractivity contribution >= 4 is 5.97 Å². The Morgan fingerprint density at radius 3 is 2.93 bits per heavy atom. The van der Waals surface area contributed by atoms with E-state index in [2.05, 4.69) is 5.32 Å². The summed E-state index contributed by atoms with van der Waals surface area (Å²) in [7, 11) is 1.50. The summed E-state index contributed by atoms with van der Waals surface area (Å²) < 4.78 is 4.81. The maximum Gasteiger partial charge on any atom is 0.308 e. The Morgan fingerprint density at radius 2 is 2.14 bits per heavy atom. The van der Waals surface area contributed by atoms with Crippen molar-refractivity contribution in [3.63, 3.8) is 0 Å². The van der Waals surface area contributed by atoms with Gasteiger partial charge in [-0.2, -0.15) is 0 Å². The number of esters is 1. The van der Waals surface area contributed by atoms with E-state index in [4.69, 9.17) is 4.74 Å². The molecule has 0 bridgehead atoms. The molecule has 0 aromatic rings. The van der Waals surface area contributed by atoms with E-state index in [0.717, 1.165) is 37.8 Å². The van der Waals surface area contributed by atoms with Gasteiger partial charge < -0.3 is 10.1 Å². The fourth-order valence-electron chi connectivity index (χ4n) is 2.90. The van der Waals surface area contributed by atoms with Crippen molar-refractivity contribution in [3.8, 4) is 0 Å². The van der Waals surface area contributed by atoms with E-state index < -0.39 is 0 Å². The molecule has 1 N–H and O–H groups in total. The summed E-state index contributed by atoms with van der Waals surface area (Å²) in [6.45, 7) is 2.27. The van der Waals surface area contributed by atoms with Crippen LogP contribution in [0.4, 0.5) is 0 Å². The lowest BCUT2D eigenvalue weighted by atomic mass is 9.71. The molecule has 1 saturated carbocycles. The molecule has 0 aromatic heterocycles. The highest BCUT2D eigenvalue weighted by Crippen LogP contribution is 2.37. The number of ether oxygens (including phenoxy) is 1. The number of fused-ring (bicyclic) bond motifs is 1. The van der Waals surface area contributed by atoms with Crippen molar-refractivity contribution in [2.24, 2.45) is 17.8 Å². The van der Waals surface area contributed by atoms with Crippen molar-refractivity contribution in [3.05, 3.63) is 0 Å². The summed E-state index contributed by atoms with van der Waals surface area (Å²) in [4.78, 5) is 11.4. The number of carbonyl (C=O) groups is 1. The lowest BCUT2D eigenvalue weighted by Crippen LogP contribution is -2.41. The van der Waals surface area contributed by atoms with Crippen LogP contribution in [0.1, 0.15) is 25.7 Å². The Hall–Kier alpha value is -0.570. The molecule has 1 aliphatic carbocycles. The number of piperidine rings is 1. The fraction of sp³-hybridized carbons (Fsp3) is 0.909. The second-order valence-electron chi connectivity index (χ2n) is 4.55. The Bertz CT molecular complexity index is 217. The number of hydrogen-bond donors (Lipinski definition) is 1. The first kappa shape index (κ1) is 9.97. The van der Waals surface area contributed by atoms with Gasteiger partial charge in [-0.3, -0.25) is 4.79 Å². The van der Waals surface area contributed by atoms with Crippen LogP contribution < -0.4 is 5.32 Å². The molecular formula is C11H19NO2. The third-order valence-electron chi connectivity index (χ3n) is 3.77. The molecule has 2 aliphatic rings. The van der Waals surface area contributed by atoms with Gasteiger partial charge in [-0.05, 0) is 50.6 Å². The molecule has 3 nitrogen and oxygen atoms in total. The molecule has 2 rings (SSSR count). The Morgan fingerprint density at radius 1 is 1.29 bits per heavy atom. The van der Waals surface area contributed by atoms with Crippen molar-refractivity contribution in [1.29, 1.82) is 0 Å². The molecule has 3 atom stereocenters. The number of rotatable bonds is 1. The van der Waals surface area contributed by atoms with E-state index in [-0.39, 0.29) is 11.9 Å². The van der Waals surface area contributed by atoms with Crippen LogP contribution in [-0.4, -0.2) is 26.2 Å². The molecule has 2 fully saturated rings. The van der Waals surface area contributed by atoms with Gasteiger partial charge >= 0.3 is 5.97 Å². The number of carbonyl (C=O) groups excluding carboxylic acids is 1. The Balaban J connectivity index is 1.92. The quantitative estimate of drug-likeness (QED) is 0.642. The first-order chi connectivity index (χ1) is 6.81. The average molecular weight is 197 g/mol. The Labute approximate surface area is 85.2 Å². The molecule has 0 spiro atoms. The van der Waals surface area contributed by atoms with Gasteiger partial charge in [0.25, 0.3) is 0 Å². The maximum atomic E-state index is 11.4. The zero-order valence-electron chi connectivity index (χ0n) is 8.79. The summed E-state index contributed by atoms with van der Waals surface area (Å²) in [5.41, 5.74) is 0. The van der Waals surface area contributed by atoms with Crippen molar-refractivity contribution in [1.82, 2.24) is 5.32 Å². The van der Waals surface area contributed by atoms with Crippen LogP contribution in [0.3, 0.4) is 0 Å². The summed E-state index contributed by atoms with van der Waals surface area (Å²) >= 11 is 0. The van der Waals surface area contributed by atoms with Gasteiger partial charge in [-0.1, -0.05) is 0 Å². The zero-order chi connectivity index (χ0) is 9.97. The maximum absolute atomic E-state index is 11.4. The highest BCUT2D eigenvalue weighted by molar-refractivity contribution is 5.72.